The lowest BCUT2D eigenvalue weighted by atomic mass is 10.1. The second-order valence-electron chi connectivity index (χ2n) is 6.60. The summed E-state index contributed by atoms with van der Waals surface area (Å²) in [5.74, 6) is 0.635. The predicted molar refractivity (Wildman–Crippen MR) is 91.0 cm³/mol. The van der Waals surface area contributed by atoms with Crippen LogP contribution in [0, 0.1) is 0 Å². The van der Waals surface area contributed by atoms with E-state index in [1.54, 1.807) is 0 Å². The number of ether oxygens (including phenoxy) is 1. The Morgan fingerprint density at radius 2 is 1.43 bits per heavy atom. The molecule has 0 aromatic rings. The molecule has 0 amide bonds. The number of halogens is 1. The molecular formula is C17H34ClNO2. The molecule has 0 spiro atoms. The van der Waals surface area contributed by atoms with Crippen LogP contribution in [0.1, 0.15) is 78.6 Å². The third-order valence-electron chi connectivity index (χ3n) is 3.18. The first-order valence-corrected chi connectivity index (χ1v) is 8.97. The van der Waals surface area contributed by atoms with E-state index in [-0.39, 0.29) is 11.6 Å². The van der Waals surface area contributed by atoms with Crippen molar-refractivity contribution in [2.24, 2.45) is 0 Å². The van der Waals surface area contributed by atoms with E-state index in [4.69, 9.17) is 16.3 Å². The molecule has 4 heteroatoms. The molecule has 3 nitrogen and oxygen atoms in total. The maximum absolute atomic E-state index is 11.5. The first-order valence-electron chi connectivity index (χ1n) is 8.44. The minimum Gasteiger partial charge on any atom is -0.460 e. The molecule has 0 fully saturated rings. The number of unbranched alkanes of at least 4 members (excludes halogenated alkanes) is 7. The molecule has 1 N–H and O–H groups in total. The topological polar surface area (TPSA) is 38.3 Å². The minimum atomic E-state index is -0.351. The van der Waals surface area contributed by atoms with Gasteiger partial charge in [0.2, 0.25) is 0 Å². The first-order chi connectivity index (χ1) is 9.95. The van der Waals surface area contributed by atoms with E-state index in [0.29, 0.717) is 12.3 Å². The van der Waals surface area contributed by atoms with Crippen molar-refractivity contribution in [3.05, 3.63) is 0 Å². The summed E-state index contributed by atoms with van der Waals surface area (Å²) in [5.41, 5.74) is -0.351. The lowest BCUT2D eigenvalue weighted by molar-refractivity contribution is -0.154. The number of hydrogen-bond acceptors (Lipinski definition) is 3. The van der Waals surface area contributed by atoms with Crippen LogP contribution in [-0.2, 0) is 9.53 Å². The van der Waals surface area contributed by atoms with E-state index >= 15 is 0 Å². The van der Waals surface area contributed by atoms with Crippen LogP contribution in [0.25, 0.3) is 0 Å². The smallest absolute Gasteiger partial charge is 0.306 e. The van der Waals surface area contributed by atoms with Gasteiger partial charge in [-0.3, -0.25) is 4.79 Å². The molecular weight excluding hydrogens is 286 g/mol. The van der Waals surface area contributed by atoms with Crippen molar-refractivity contribution < 1.29 is 9.53 Å². The number of carbonyl (C=O) groups is 1. The molecule has 0 saturated heterocycles. The standard InChI is InChI=1S/C17H34ClNO2/c1-17(2,3)21-16(20)12-10-8-6-4-5-7-9-11-14-19-15-13-18/h19H,4-15H2,1-3H3. The molecule has 0 atom stereocenters. The summed E-state index contributed by atoms with van der Waals surface area (Å²) in [6.07, 6.45) is 10.3. The van der Waals surface area contributed by atoms with Crippen molar-refractivity contribution in [1.29, 1.82) is 0 Å². The third kappa shape index (κ3) is 17.7. The van der Waals surface area contributed by atoms with Crippen molar-refractivity contribution in [3.63, 3.8) is 0 Å². The molecule has 0 unspecified atom stereocenters. The van der Waals surface area contributed by atoms with Gasteiger partial charge in [0.25, 0.3) is 0 Å². The van der Waals surface area contributed by atoms with Gasteiger partial charge < -0.3 is 10.1 Å². The van der Waals surface area contributed by atoms with Crippen molar-refractivity contribution in [2.45, 2.75) is 84.2 Å². The van der Waals surface area contributed by atoms with Gasteiger partial charge in [0.05, 0.1) is 0 Å². The Morgan fingerprint density at radius 1 is 0.905 bits per heavy atom. The molecule has 0 aromatic carbocycles. The van der Waals surface area contributed by atoms with Gasteiger partial charge >= 0.3 is 5.97 Å². The molecule has 0 rings (SSSR count). The second-order valence-corrected chi connectivity index (χ2v) is 6.98. The monoisotopic (exact) mass is 319 g/mol. The van der Waals surface area contributed by atoms with E-state index in [1.807, 2.05) is 20.8 Å². The summed E-state index contributed by atoms with van der Waals surface area (Å²) in [5, 5.41) is 3.30. The highest BCUT2D eigenvalue weighted by molar-refractivity contribution is 6.18. The Labute approximate surface area is 136 Å². The highest BCUT2D eigenvalue weighted by Gasteiger charge is 2.15. The van der Waals surface area contributed by atoms with E-state index < -0.39 is 0 Å². The fraction of sp³-hybridized carbons (Fsp3) is 0.941. The molecule has 21 heavy (non-hydrogen) atoms. The lowest BCUT2D eigenvalue weighted by Crippen LogP contribution is -2.23. The van der Waals surface area contributed by atoms with Gasteiger partial charge in [-0.15, -0.1) is 11.6 Å². The van der Waals surface area contributed by atoms with E-state index in [0.717, 1.165) is 25.9 Å². The Balaban J connectivity index is 3.17. The van der Waals surface area contributed by atoms with E-state index in [1.165, 1.54) is 38.5 Å². The van der Waals surface area contributed by atoms with Crippen molar-refractivity contribution in [1.82, 2.24) is 5.32 Å². The van der Waals surface area contributed by atoms with Crippen molar-refractivity contribution in [3.8, 4) is 0 Å². The second kappa shape index (κ2) is 13.4. The fourth-order valence-corrected chi connectivity index (χ4v) is 2.30. The average Bonchev–Trinajstić information content (AvgIpc) is 2.38. The molecule has 0 aromatic heterocycles. The maximum atomic E-state index is 11.5. The van der Waals surface area contributed by atoms with E-state index in [9.17, 15) is 4.79 Å². The van der Waals surface area contributed by atoms with Gasteiger partial charge in [-0.25, -0.2) is 0 Å². The molecule has 0 aliphatic heterocycles. The third-order valence-corrected chi connectivity index (χ3v) is 3.36. The normalized spacial score (nSPS) is 11.6. The predicted octanol–water partition coefficient (Wildman–Crippen LogP) is 4.67. The van der Waals surface area contributed by atoms with Crippen molar-refractivity contribution in [2.75, 3.05) is 19.0 Å². The number of hydrogen-bond donors (Lipinski definition) is 1. The minimum absolute atomic E-state index is 0.0630. The van der Waals surface area contributed by atoms with Gasteiger partial charge in [-0.05, 0) is 40.2 Å². The molecule has 0 radical (unpaired) electrons. The van der Waals surface area contributed by atoms with Gasteiger partial charge in [-0.2, -0.15) is 0 Å². The quantitative estimate of drug-likeness (QED) is 0.304. The summed E-state index contributed by atoms with van der Waals surface area (Å²) in [6, 6.07) is 0. The first kappa shape index (κ1) is 20.7. The molecule has 126 valence electrons. The number of carbonyl (C=O) groups excluding carboxylic acids is 1. The van der Waals surface area contributed by atoms with Crippen LogP contribution in [0.3, 0.4) is 0 Å². The summed E-state index contributed by atoms with van der Waals surface area (Å²) in [6.45, 7) is 7.74. The van der Waals surface area contributed by atoms with Crippen LogP contribution in [0.15, 0.2) is 0 Å². The molecule has 0 heterocycles. The van der Waals surface area contributed by atoms with Crippen LogP contribution in [0.2, 0.25) is 0 Å². The van der Waals surface area contributed by atoms with Crippen LogP contribution in [-0.4, -0.2) is 30.5 Å². The zero-order valence-corrected chi connectivity index (χ0v) is 14.9. The lowest BCUT2D eigenvalue weighted by Gasteiger charge is -2.19. The number of nitrogens with one attached hydrogen (secondary N) is 1. The summed E-state index contributed by atoms with van der Waals surface area (Å²) in [4.78, 5) is 11.5. The molecule has 0 aliphatic carbocycles. The van der Waals surface area contributed by atoms with Gasteiger partial charge in [0.15, 0.2) is 0 Å². The average molecular weight is 320 g/mol. The zero-order chi connectivity index (χ0) is 16.0. The number of rotatable bonds is 13. The summed E-state index contributed by atoms with van der Waals surface area (Å²) < 4.78 is 5.28. The van der Waals surface area contributed by atoms with Gasteiger partial charge in [0.1, 0.15) is 5.60 Å². The summed E-state index contributed by atoms with van der Waals surface area (Å²) in [7, 11) is 0. The Kier molecular flexibility index (Phi) is 13.2. The van der Waals surface area contributed by atoms with Crippen molar-refractivity contribution >= 4 is 17.6 Å². The SMILES string of the molecule is CC(C)(C)OC(=O)CCCCCCCCCCNCCCl. The highest BCUT2D eigenvalue weighted by Crippen LogP contribution is 2.12. The molecule has 0 bridgehead atoms. The van der Waals surface area contributed by atoms with Crippen LogP contribution in [0.4, 0.5) is 0 Å². The maximum Gasteiger partial charge on any atom is 0.306 e. The highest BCUT2D eigenvalue weighted by atomic mass is 35.5. The molecule has 0 saturated carbocycles. The number of esters is 1. The number of alkyl halides is 1. The van der Waals surface area contributed by atoms with Gasteiger partial charge in [0, 0.05) is 18.8 Å². The summed E-state index contributed by atoms with van der Waals surface area (Å²) >= 11 is 5.58. The Morgan fingerprint density at radius 3 is 1.95 bits per heavy atom. The van der Waals surface area contributed by atoms with Gasteiger partial charge in [-0.1, -0.05) is 38.5 Å². The Bertz CT molecular complexity index is 252. The fourth-order valence-electron chi connectivity index (χ4n) is 2.16. The zero-order valence-electron chi connectivity index (χ0n) is 14.2. The molecule has 0 aliphatic rings. The van der Waals surface area contributed by atoms with Crippen LogP contribution < -0.4 is 5.32 Å². The van der Waals surface area contributed by atoms with Crippen LogP contribution >= 0.6 is 11.6 Å². The van der Waals surface area contributed by atoms with Crippen LogP contribution in [0.5, 0.6) is 0 Å². The van der Waals surface area contributed by atoms with E-state index in [2.05, 4.69) is 5.32 Å². The largest absolute Gasteiger partial charge is 0.460 e. The Hall–Kier alpha value is -0.280.